The molecule has 1 atom stereocenters. The molecule has 70 valence electrons. The Bertz CT molecular complexity index is 153. The lowest BCUT2D eigenvalue weighted by Gasteiger charge is -1.89. The molecule has 1 rings (SSSR count). The van der Waals surface area contributed by atoms with Gasteiger partial charge in [-0.15, -0.1) is 0 Å². The highest BCUT2D eigenvalue weighted by molar-refractivity contribution is 5.71. The quantitative estimate of drug-likeness (QED) is 0.539. The lowest BCUT2D eigenvalue weighted by atomic mass is 10.4. The molecular formula is C7H12O5. The van der Waals surface area contributed by atoms with Crippen LogP contribution < -0.4 is 0 Å². The molecule has 1 saturated heterocycles. The fraction of sp³-hybridized carbons (Fsp3) is 0.714. The number of carboxylic acid groups (broad SMARTS) is 1. The van der Waals surface area contributed by atoms with Gasteiger partial charge in [-0.3, -0.25) is 4.79 Å². The first-order valence-corrected chi connectivity index (χ1v) is 3.60. The van der Waals surface area contributed by atoms with E-state index in [9.17, 15) is 9.59 Å². The molecule has 1 heterocycles. The second-order valence-corrected chi connectivity index (χ2v) is 2.34. The van der Waals surface area contributed by atoms with Crippen molar-refractivity contribution < 1.29 is 24.5 Å². The number of rotatable bonds is 1. The summed E-state index contributed by atoms with van der Waals surface area (Å²) in [5.41, 5.74) is 0. The van der Waals surface area contributed by atoms with E-state index in [1.54, 1.807) is 0 Å². The van der Waals surface area contributed by atoms with Crippen LogP contribution in [0.15, 0.2) is 0 Å². The average molecular weight is 176 g/mol. The zero-order valence-corrected chi connectivity index (χ0v) is 6.82. The van der Waals surface area contributed by atoms with Crippen LogP contribution in [0.25, 0.3) is 0 Å². The predicted octanol–water partition coefficient (Wildman–Crippen LogP) is -0.225. The van der Waals surface area contributed by atoms with Crippen LogP contribution >= 0.6 is 0 Å². The summed E-state index contributed by atoms with van der Waals surface area (Å²) in [7, 11) is 0. The van der Waals surface area contributed by atoms with E-state index in [1.165, 1.54) is 6.92 Å². The summed E-state index contributed by atoms with van der Waals surface area (Å²) in [6, 6.07) is 0. The summed E-state index contributed by atoms with van der Waals surface area (Å²) in [6.07, 6.45) is 0.309. The Morgan fingerprint density at radius 3 is 2.25 bits per heavy atom. The molecule has 0 aromatic heterocycles. The molecule has 0 saturated carbocycles. The SMILES string of the molecule is CC(O)C(=O)O.O=C1CCCO1. The van der Waals surface area contributed by atoms with Gasteiger partial charge in [0, 0.05) is 6.42 Å². The van der Waals surface area contributed by atoms with Gasteiger partial charge in [0.25, 0.3) is 0 Å². The average Bonchev–Trinajstić information content (AvgIpc) is 2.40. The van der Waals surface area contributed by atoms with Gasteiger partial charge in [-0.05, 0) is 13.3 Å². The second kappa shape index (κ2) is 5.54. The fourth-order valence-corrected chi connectivity index (χ4v) is 0.475. The minimum atomic E-state index is -1.23. The van der Waals surface area contributed by atoms with Gasteiger partial charge in [-0.25, -0.2) is 4.79 Å². The highest BCUT2D eigenvalue weighted by Gasteiger charge is 2.08. The Hall–Kier alpha value is -1.10. The first-order valence-electron chi connectivity index (χ1n) is 3.60. The Morgan fingerprint density at radius 2 is 2.17 bits per heavy atom. The van der Waals surface area contributed by atoms with E-state index < -0.39 is 12.1 Å². The largest absolute Gasteiger partial charge is 0.479 e. The molecule has 0 aromatic carbocycles. The molecule has 0 radical (unpaired) electrons. The highest BCUT2D eigenvalue weighted by atomic mass is 16.5. The second-order valence-electron chi connectivity index (χ2n) is 2.34. The number of hydrogen-bond acceptors (Lipinski definition) is 4. The molecule has 0 spiro atoms. The Balaban J connectivity index is 0.000000202. The third-order valence-corrected chi connectivity index (χ3v) is 1.15. The van der Waals surface area contributed by atoms with E-state index in [4.69, 9.17) is 10.2 Å². The third kappa shape index (κ3) is 5.67. The smallest absolute Gasteiger partial charge is 0.332 e. The summed E-state index contributed by atoms with van der Waals surface area (Å²) < 4.78 is 4.51. The monoisotopic (exact) mass is 176 g/mol. The van der Waals surface area contributed by atoms with Crippen molar-refractivity contribution >= 4 is 11.9 Å². The van der Waals surface area contributed by atoms with E-state index in [1.807, 2.05) is 0 Å². The molecule has 1 aliphatic heterocycles. The van der Waals surface area contributed by atoms with Crippen LogP contribution in [0.3, 0.4) is 0 Å². The minimum Gasteiger partial charge on any atom is -0.479 e. The number of carboxylic acids is 1. The van der Waals surface area contributed by atoms with Gasteiger partial charge < -0.3 is 14.9 Å². The maximum absolute atomic E-state index is 10.0. The van der Waals surface area contributed by atoms with E-state index in [0.717, 1.165) is 6.42 Å². The van der Waals surface area contributed by atoms with Crippen LogP contribution in [0, 0.1) is 0 Å². The van der Waals surface area contributed by atoms with Crippen LogP contribution in [-0.2, 0) is 14.3 Å². The summed E-state index contributed by atoms with van der Waals surface area (Å²) in [5.74, 6) is -1.23. The Kier molecular flexibility index (Phi) is 5.03. The number of ether oxygens (including phenoxy) is 1. The molecule has 0 aliphatic carbocycles. The van der Waals surface area contributed by atoms with Crippen molar-refractivity contribution in [3.8, 4) is 0 Å². The van der Waals surface area contributed by atoms with Crippen molar-refractivity contribution in [1.82, 2.24) is 0 Å². The van der Waals surface area contributed by atoms with Gasteiger partial charge in [-0.1, -0.05) is 0 Å². The Morgan fingerprint density at radius 1 is 1.67 bits per heavy atom. The maximum Gasteiger partial charge on any atom is 0.332 e. The minimum absolute atomic E-state index is 0.0463. The molecule has 2 N–H and O–H groups in total. The maximum atomic E-state index is 10.0. The number of hydrogen-bond donors (Lipinski definition) is 2. The highest BCUT2D eigenvalue weighted by Crippen LogP contribution is 2.01. The number of aliphatic carboxylic acids is 1. The number of carbonyl (C=O) groups is 2. The van der Waals surface area contributed by atoms with Gasteiger partial charge in [0.1, 0.15) is 6.10 Å². The molecule has 5 nitrogen and oxygen atoms in total. The molecule has 1 fully saturated rings. The molecule has 0 aromatic rings. The van der Waals surface area contributed by atoms with Crippen molar-refractivity contribution in [2.75, 3.05) is 6.61 Å². The first kappa shape index (κ1) is 10.9. The van der Waals surface area contributed by atoms with E-state index in [2.05, 4.69) is 4.74 Å². The van der Waals surface area contributed by atoms with Crippen molar-refractivity contribution in [2.45, 2.75) is 25.9 Å². The van der Waals surface area contributed by atoms with Crippen LogP contribution in [0.4, 0.5) is 0 Å². The van der Waals surface area contributed by atoms with Gasteiger partial charge in [0.05, 0.1) is 6.61 Å². The standard InChI is InChI=1S/C4H6O2.C3H6O3/c5-4-2-1-3-6-4;1-2(4)3(5)6/h1-3H2;2,4H,1H3,(H,5,6). The number of cyclic esters (lactones) is 1. The molecule has 5 heteroatoms. The lowest BCUT2D eigenvalue weighted by molar-refractivity contribution is -0.145. The van der Waals surface area contributed by atoms with Crippen LogP contribution in [0.1, 0.15) is 19.8 Å². The topological polar surface area (TPSA) is 83.8 Å². The van der Waals surface area contributed by atoms with Crippen molar-refractivity contribution in [1.29, 1.82) is 0 Å². The van der Waals surface area contributed by atoms with E-state index in [-0.39, 0.29) is 5.97 Å². The summed E-state index contributed by atoms with van der Waals surface area (Å²) in [4.78, 5) is 19.5. The zero-order valence-electron chi connectivity index (χ0n) is 6.82. The van der Waals surface area contributed by atoms with Gasteiger partial charge in [-0.2, -0.15) is 0 Å². The van der Waals surface area contributed by atoms with E-state index >= 15 is 0 Å². The van der Waals surface area contributed by atoms with Gasteiger partial charge in [0.15, 0.2) is 0 Å². The summed E-state index contributed by atoms with van der Waals surface area (Å²) in [5, 5.41) is 15.8. The number of carbonyl (C=O) groups excluding carboxylic acids is 1. The van der Waals surface area contributed by atoms with Crippen molar-refractivity contribution in [3.05, 3.63) is 0 Å². The molecule has 1 aliphatic rings. The molecule has 12 heavy (non-hydrogen) atoms. The Labute approximate surface area is 70.0 Å². The lowest BCUT2D eigenvalue weighted by Crippen LogP contribution is -2.13. The van der Waals surface area contributed by atoms with Crippen molar-refractivity contribution in [3.63, 3.8) is 0 Å². The first-order chi connectivity index (χ1) is 5.54. The predicted molar refractivity (Wildman–Crippen MR) is 39.5 cm³/mol. The summed E-state index contributed by atoms with van der Waals surface area (Å²) in [6.45, 7) is 1.83. The fourth-order valence-electron chi connectivity index (χ4n) is 0.475. The number of esters is 1. The normalized spacial score (nSPS) is 17.3. The van der Waals surface area contributed by atoms with Gasteiger partial charge in [0.2, 0.25) is 0 Å². The van der Waals surface area contributed by atoms with Crippen LogP contribution in [0.2, 0.25) is 0 Å². The molecule has 0 bridgehead atoms. The third-order valence-electron chi connectivity index (χ3n) is 1.15. The van der Waals surface area contributed by atoms with Crippen LogP contribution in [-0.4, -0.2) is 34.9 Å². The van der Waals surface area contributed by atoms with Crippen molar-refractivity contribution in [2.24, 2.45) is 0 Å². The molecule has 0 amide bonds. The molecule has 1 unspecified atom stereocenters. The zero-order chi connectivity index (χ0) is 9.56. The van der Waals surface area contributed by atoms with E-state index in [0.29, 0.717) is 13.0 Å². The van der Waals surface area contributed by atoms with Gasteiger partial charge >= 0.3 is 11.9 Å². The summed E-state index contributed by atoms with van der Waals surface area (Å²) >= 11 is 0. The van der Waals surface area contributed by atoms with Crippen LogP contribution in [0.5, 0.6) is 0 Å². The number of aliphatic hydroxyl groups excluding tert-OH is 1. The number of aliphatic hydroxyl groups is 1. The molecular weight excluding hydrogens is 164 g/mol.